The molecule has 0 unspecified atom stereocenters. The van der Waals surface area contributed by atoms with E-state index in [9.17, 15) is 4.79 Å². The summed E-state index contributed by atoms with van der Waals surface area (Å²) in [4.78, 5) is 10.8. The summed E-state index contributed by atoms with van der Waals surface area (Å²) < 4.78 is 10.4. The van der Waals surface area contributed by atoms with Crippen molar-refractivity contribution in [2.75, 3.05) is 12.7 Å². The van der Waals surface area contributed by atoms with E-state index in [1.807, 2.05) is 0 Å². The molecule has 0 atom stereocenters. The molecule has 0 amide bonds. The third-order valence-electron chi connectivity index (χ3n) is 2.09. The molecule has 4 heteroatoms. The van der Waals surface area contributed by atoms with Gasteiger partial charge < -0.3 is 9.47 Å². The Morgan fingerprint density at radius 3 is 2.53 bits per heavy atom. The highest BCUT2D eigenvalue weighted by Gasteiger charge is 2.15. The number of aldehydes is 1. The Kier molecular flexibility index (Phi) is 2.92. The normalized spacial score (nSPS) is 13.4. The first-order valence-electron chi connectivity index (χ1n) is 4.46. The molecule has 1 aromatic carbocycles. The Bertz CT molecular complexity index is 413. The van der Waals surface area contributed by atoms with E-state index < -0.39 is 0 Å². The fourth-order valence-corrected chi connectivity index (χ4v) is 1.48. The zero-order valence-corrected chi connectivity index (χ0v) is 8.66. The summed E-state index contributed by atoms with van der Waals surface area (Å²) in [5.41, 5.74) is 1.36. The molecule has 1 aliphatic heterocycles. The predicted molar refractivity (Wildman–Crippen MR) is 57.7 cm³/mol. The van der Waals surface area contributed by atoms with E-state index in [-0.39, 0.29) is 6.79 Å². The minimum absolute atomic E-state index is 0.205. The van der Waals surface area contributed by atoms with Gasteiger partial charge >= 0.3 is 0 Å². The van der Waals surface area contributed by atoms with Gasteiger partial charge in [0.25, 0.3) is 0 Å². The van der Waals surface area contributed by atoms with Crippen molar-refractivity contribution >= 4 is 24.0 Å². The van der Waals surface area contributed by atoms with Crippen LogP contribution in [0.1, 0.15) is 15.9 Å². The van der Waals surface area contributed by atoms with E-state index in [0.29, 0.717) is 22.9 Å². The maximum absolute atomic E-state index is 10.8. The largest absolute Gasteiger partial charge is 0.454 e. The number of rotatable bonds is 3. The summed E-state index contributed by atoms with van der Waals surface area (Å²) in [6.07, 6.45) is 4.35. The van der Waals surface area contributed by atoms with Gasteiger partial charge in [0, 0.05) is 11.4 Å². The molecule has 2 rings (SSSR count). The van der Waals surface area contributed by atoms with Crippen LogP contribution in [0.5, 0.6) is 11.5 Å². The molecule has 0 N–H and O–H groups in total. The van der Waals surface area contributed by atoms with Crippen molar-refractivity contribution < 1.29 is 14.3 Å². The van der Waals surface area contributed by atoms with Crippen molar-refractivity contribution in [2.45, 2.75) is 0 Å². The summed E-state index contributed by atoms with van der Waals surface area (Å²) in [5.74, 6) is 1.68. The molecule has 1 aliphatic rings. The fraction of sp³-hybridized carbons (Fsp3) is 0.182. The summed E-state index contributed by atoms with van der Waals surface area (Å²) in [6.45, 7) is 0.205. The summed E-state index contributed by atoms with van der Waals surface area (Å²) in [6, 6.07) is 3.44. The van der Waals surface area contributed by atoms with Crippen LogP contribution in [0.2, 0.25) is 0 Å². The van der Waals surface area contributed by atoms with Gasteiger partial charge in [-0.15, -0.1) is 11.6 Å². The van der Waals surface area contributed by atoms with E-state index >= 15 is 0 Å². The Morgan fingerprint density at radius 2 is 1.93 bits per heavy atom. The van der Waals surface area contributed by atoms with Crippen LogP contribution in [-0.4, -0.2) is 19.0 Å². The van der Waals surface area contributed by atoms with E-state index in [1.54, 1.807) is 24.3 Å². The molecule has 15 heavy (non-hydrogen) atoms. The van der Waals surface area contributed by atoms with Crippen molar-refractivity contribution in [1.82, 2.24) is 0 Å². The molecule has 0 radical (unpaired) electrons. The lowest BCUT2D eigenvalue weighted by Crippen LogP contribution is -1.92. The van der Waals surface area contributed by atoms with Crippen LogP contribution >= 0.6 is 11.6 Å². The first-order chi connectivity index (χ1) is 7.35. The number of alkyl halides is 1. The number of carbonyl (C=O) groups excluding carboxylic acids is 1. The molecule has 0 saturated heterocycles. The summed E-state index contributed by atoms with van der Waals surface area (Å²) >= 11 is 5.53. The molecule has 1 heterocycles. The predicted octanol–water partition coefficient (Wildman–Crippen LogP) is 2.48. The van der Waals surface area contributed by atoms with Gasteiger partial charge in [0.2, 0.25) is 6.79 Å². The van der Waals surface area contributed by atoms with Crippen LogP contribution in [0, 0.1) is 0 Å². The summed E-state index contributed by atoms with van der Waals surface area (Å²) in [7, 11) is 0. The molecule has 1 aromatic rings. The quantitative estimate of drug-likeness (QED) is 0.585. The topological polar surface area (TPSA) is 35.5 Å². The van der Waals surface area contributed by atoms with Gasteiger partial charge in [0.05, 0.1) is 0 Å². The Morgan fingerprint density at radius 1 is 1.27 bits per heavy atom. The first kappa shape index (κ1) is 10.1. The van der Waals surface area contributed by atoms with E-state index in [2.05, 4.69) is 0 Å². The lowest BCUT2D eigenvalue weighted by Gasteiger charge is -2.01. The number of hydrogen-bond acceptors (Lipinski definition) is 3. The van der Waals surface area contributed by atoms with Crippen LogP contribution in [0.4, 0.5) is 0 Å². The maximum Gasteiger partial charge on any atom is 0.231 e. The van der Waals surface area contributed by atoms with Crippen molar-refractivity contribution in [2.24, 2.45) is 0 Å². The molecule has 0 aromatic heterocycles. The average molecular weight is 225 g/mol. The minimum Gasteiger partial charge on any atom is -0.454 e. The third-order valence-corrected chi connectivity index (χ3v) is 2.27. The van der Waals surface area contributed by atoms with E-state index in [1.165, 1.54) is 0 Å². The van der Waals surface area contributed by atoms with Gasteiger partial charge in [-0.05, 0) is 17.7 Å². The van der Waals surface area contributed by atoms with Crippen LogP contribution < -0.4 is 9.47 Å². The van der Waals surface area contributed by atoms with Gasteiger partial charge in [-0.2, -0.15) is 0 Å². The number of hydrogen-bond donors (Lipinski definition) is 0. The van der Waals surface area contributed by atoms with Crippen LogP contribution in [0.25, 0.3) is 6.08 Å². The van der Waals surface area contributed by atoms with Crippen molar-refractivity contribution in [3.8, 4) is 11.5 Å². The lowest BCUT2D eigenvalue weighted by atomic mass is 10.1. The highest BCUT2D eigenvalue weighted by molar-refractivity contribution is 6.19. The van der Waals surface area contributed by atoms with E-state index in [4.69, 9.17) is 21.1 Å². The second-order valence-electron chi connectivity index (χ2n) is 3.01. The minimum atomic E-state index is 0.205. The SMILES string of the molecule is O=Cc1cc2c(cc1C=CCCl)OCO2. The molecule has 0 spiro atoms. The molecular weight excluding hydrogens is 216 g/mol. The standard InChI is InChI=1S/C11H9ClO3/c12-3-1-2-8-4-10-11(15-7-14-10)5-9(8)6-13/h1-2,4-6H,3,7H2. The van der Waals surface area contributed by atoms with Crippen LogP contribution in [0.15, 0.2) is 18.2 Å². The van der Waals surface area contributed by atoms with Gasteiger partial charge in [-0.1, -0.05) is 12.2 Å². The van der Waals surface area contributed by atoms with Crippen molar-refractivity contribution in [1.29, 1.82) is 0 Å². The molecule has 0 bridgehead atoms. The average Bonchev–Trinajstić information content (AvgIpc) is 2.71. The Labute approximate surface area is 92.3 Å². The molecule has 78 valence electrons. The number of fused-ring (bicyclic) bond motifs is 1. The number of ether oxygens (including phenoxy) is 2. The number of carbonyl (C=O) groups is 1. The molecular formula is C11H9ClO3. The van der Waals surface area contributed by atoms with Gasteiger partial charge in [0.15, 0.2) is 17.8 Å². The lowest BCUT2D eigenvalue weighted by molar-refractivity contribution is 0.112. The number of halogens is 1. The first-order valence-corrected chi connectivity index (χ1v) is 5.00. The zero-order chi connectivity index (χ0) is 10.7. The second-order valence-corrected chi connectivity index (χ2v) is 3.32. The maximum atomic E-state index is 10.8. The van der Waals surface area contributed by atoms with Crippen LogP contribution in [0.3, 0.4) is 0 Å². The van der Waals surface area contributed by atoms with E-state index in [0.717, 1.165) is 11.8 Å². The molecule has 0 fully saturated rings. The van der Waals surface area contributed by atoms with Gasteiger partial charge in [-0.25, -0.2) is 0 Å². The zero-order valence-electron chi connectivity index (χ0n) is 7.90. The van der Waals surface area contributed by atoms with Crippen molar-refractivity contribution in [3.63, 3.8) is 0 Å². The van der Waals surface area contributed by atoms with Crippen molar-refractivity contribution in [3.05, 3.63) is 29.3 Å². The molecule has 0 aliphatic carbocycles. The number of allylic oxidation sites excluding steroid dienone is 1. The highest BCUT2D eigenvalue weighted by atomic mass is 35.5. The highest BCUT2D eigenvalue weighted by Crippen LogP contribution is 2.34. The Balaban J connectivity index is 2.44. The van der Waals surface area contributed by atoms with Gasteiger partial charge in [-0.3, -0.25) is 4.79 Å². The monoisotopic (exact) mass is 224 g/mol. The summed E-state index contributed by atoms with van der Waals surface area (Å²) in [5, 5.41) is 0. The third kappa shape index (κ3) is 1.97. The molecule has 3 nitrogen and oxygen atoms in total. The van der Waals surface area contributed by atoms with Gasteiger partial charge in [0.1, 0.15) is 0 Å². The Hall–Kier alpha value is -1.48. The fourth-order valence-electron chi connectivity index (χ4n) is 1.39. The number of benzene rings is 1. The molecule has 0 saturated carbocycles. The second kappa shape index (κ2) is 4.36. The smallest absolute Gasteiger partial charge is 0.231 e. The van der Waals surface area contributed by atoms with Crippen LogP contribution in [-0.2, 0) is 0 Å².